The molecule has 13 heavy (non-hydrogen) atoms. The Balaban J connectivity index is 2.88. The van der Waals surface area contributed by atoms with Gasteiger partial charge in [-0.2, -0.15) is 13.1 Å². The molecule has 0 aliphatic carbocycles. The average Bonchev–Trinajstić information content (AvgIpc) is 2.35. The second-order valence-corrected chi connectivity index (χ2v) is 4.99. The fourth-order valence-corrected chi connectivity index (χ4v) is 1.20. The summed E-state index contributed by atoms with van der Waals surface area (Å²) in [5, 5.41) is -0.561. The lowest BCUT2D eigenvalue weighted by Gasteiger charge is -2.09. The molecule has 0 radical (unpaired) electrons. The van der Waals surface area contributed by atoms with Crippen LogP contribution in [0.3, 0.4) is 0 Å². The molecule has 0 amide bonds. The third kappa shape index (κ3) is 2.21. The van der Waals surface area contributed by atoms with Gasteiger partial charge in [-0.3, -0.25) is 4.28 Å². The van der Waals surface area contributed by atoms with Crippen LogP contribution in [0.2, 0.25) is 0 Å². The molecule has 0 bridgehead atoms. The molecule has 1 rings (SSSR count). The Kier molecular flexibility index (Phi) is 2.60. The molecule has 0 atom stereocenters. The smallest absolute Gasteiger partial charge is 0.286 e. The zero-order valence-electron chi connectivity index (χ0n) is 7.76. The second-order valence-electron chi connectivity index (χ2n) is 2.92. The molecule has 1 heterocycles. The molecule has 0 saturated carbocycles. The lowest BCUT2D eigenvalue weighted by Crippen LogP contribution is -2.27. The molecule has 1 aromatic rings. The Hall–Kier alpha value is -1.04. The molecule has 0 fully saturated rings. The second kappa shape index (κ2) is 3.37. The van der Waals surface area contributed by atoms with Crippen molar-refractivity contribution >= 4 is 10.1 Å². The summed E-state index contributed by atoms with van der Waals surface area (Å²) in [6, 6.07) is 0. The van der Waals surface area contributed by atoms with Crippen molar-refractivity contribution in [1.29, 1.82) is 0 Å². The molecule has 0 unspecified atom stereocenters. The summed E-state index contributed by atoms with van der Waals surface area (Å²) in [5.74, 6) is 0.504. The summed E-state index contributed by atoms with van der Waals surface area (Å²) in [6.45, 7) is 4.78. The lowest BCUT2D eigenvalue weighted by atomic mass is 10.6. The first-order chi connectivity index (χ1) is 5.93. The highest BCUT2D eigenvalue weighted by Gasteiger charge is 2.18. The maximum Gasteiger partial charge on any atom is 0.329 e. The first-order valence-corrected chi connectivity index (χ1v) is 5.34. The van der Waals surface area contributed by atoms with E-state index < -0.39 is 15.4 Å². The molecule has 0 aliphatic heterocycles. The van der Waals surface area contributed by atoms with Crippen molar-refractivity contribution in [3.63, 3.8) is 0 Å². The van der Waals surface area contributed by atoms with Crippen molar-refractivity contribution in [2.24, 2.45) is 0 Å². The van der Waals surface area contributed by atoms with Crippen molar-refractivity contribution in [2.75, 3.05) is 0 Å². The lowest BCUT2D eigenvalue weighted by molar-refractivity contribution is 0.268. The number of rotatable bonds is 3. The van der Waals surface area contributed by atoms with Gasteiger partial charge in [-0.15, -0.1) is 0 Å². The Morgan fingerprint density at radius 1 is 1.54 bits per heavy atom. The highest BCUT2D eigenvalue weighted by atomic mass is 32.2. The molecule has 74 valence electrons. The van der Waals surface area contributed by atoms with Crippen LogP contribution in [0.5, 0.6) is 0 Å². The summed E-state index contributed by atoms with van der Waals surface area (Å²) in [6.07, 6.45) is 2.93. The third-order valence-electron chi connectivity index (χ3n) is 1.54. The minimum Gasteiger partial charge on any atom is -0.286 e. The molecular formula is C7H12N2O3S. The largest absolute Gasteiger partial charge is 0.329 e. The number of aryl methyl sites for hydroxylation is 1. The maximum atomic E-state index is 11.3. The van der Waals surface area contributed by atoms with Crippen molar-refractivity contribution in [3.05, 3.63) is 18.2 Å². The van der Waals surface area contributed by atoms with Crippen LogP contribution in [0.25, 0.3) is 0 Å². The van der Waals surface area contributed by atoms with Gasteiger partial charge >= 0.3 is 10.1 Å². The van der Waals surface area contributed by atoms with E-state index in [-0.39, 0.29) is 0 Å². The predicted octanol–water partition coefficient (Wildman–Crippen LogP) is 0.358. The quantitative estimate of drug-likeness (QED) is 0.713. The molecule has 6 heteroatoms. The van der Waals surface area contributed by atoms with Gasteiger partial charge in [0.05, 0.1) is 11.4 Å². The molecule has 5 nitrogen and oxygen atoms in total. The average molecular weight is 204 g/mol. The van der Waals surface area contributed by atoms with Crippen LogP contribution in [-0.2, 0) is 10.1 Å². The standard InChI is InChI=1S/C7H12N2O3S/c1-6(2)13(10,11)12-9-5-4-8-7(9)3/h4-6H,1-3H3. The summed E-state index contributed by atoms with van der Waals surface area (Å²) in [7, 11) is -3.52. The van der Waals surface area contributed by atoms with E-state index in [1.165, 1.54) is 12.4 Å². The zero-order chi connectivity index (χ0) is 10.1. The summed E-state index contributed by atoms with van der Waals surface area (Å²) >= 11 is 0. The van der Waals surface area contributed by atoms with Gasteiger partial charge in [0.15, 0.2) is 0 Å². The van der Waals surface area contributed by atoms with E-state index >= 15 is 0 Å². The summed E-state index contributed by atoms with van der Waals surface area (Å²) in [4.78, 5) is 3.83. The van der Waals surface area contributed by atoms with E-state index in [1.54, 1.807) is 20.8 Å². The van der Waals surface area contributed by atoms with Crippen molar-refractivity contribution < 1.29 is 12.7 Å². The normalized spacial score (nSPS) is 12.0. The topological polar surface area (TPSA) is 61.2 Å². The molecular weight excluding hydrogens is 192 g/mol. The highest BCUT2D eigenvalue weighted by Crippen LogP contribution is 2.01. The van der Waals surface area contributed by atoms with Crippen LogP contribution in [0.4, 0.5) is 0 Å². The Morgan fingerprint density at radius 3 is 2.54 bits per heavy atom. The van der Waals surface area contributed by atoms with E-state index in [9.17, 15) is 8.42 Å². The van der Waals surface area contributed by atoms with Crippen LogP contribution >= 0.6 is 0 Å². The third-order valence-corrected chi connectivity index (χ3v) is 3.07. The van der Waals surface area contributed by atoms with Crippen LogP contribution in [0, 0.1) is 6.92 Å². The molecule has 0 saturated heterocycles. The number of hydrogen-bond donors (Lipinski definition) is 0. The zero-order valence-corrected chi connectivity index (χ0v) is 8.58. The predicted molar refractivity (Wildman–Crippen MR) is 47.6 cm³/mol. The van der Waals surface area contributed by atoms with E-state index in [0.717, 1.165) is 4.73 Å². The van der Waals surface area contributed by atoms with Gasteiger partial charge in [-0.1, -0.05) is 0 Å². The van der Waals surface area contributed by atoms with Crippen LogP contribution in [-0.4, -0.2) is 23.4 Å². The van der Waals surface area contributed by atoms with Gasteiger partial charge < -0.3 is 0 Å². The molecule has 0 N–H and O–H groups in total. The number of hydrogen-bond acceptors (Lipinski definition) is 4. The fourth-order valence-electron chi connectivity index (χ4n) is 0.643. The van der Waals surface area contributed by atoms with Gasteiger partial charge in [0.1, 0.15) is 5.82 Å². The van der Waals surface area contributed by atoms with Crippen molar-refractivity contribution in [3.8, 4) is 0 Å². The number of imidazole rings is 1. The Morgan fingerprint density at radius 2 is 2.15 bits per heavy atom. The molecule has 0 spiro atoms. The molecule has 0 aromatic carbocycles. The van der Waals surface area contributed by atoms with Gasteiger partial charge in [-0.05, 0) is 20.8 Å². The van der Waals surface area contributed by atoms with Gasteiger partial charge in [0.2, 0.25) is 0 Å². The van der Waals surface area contributed by atoms with Crippen LogP contribution in [0.15, 0.2) is 12.4 Å². The number of nitrogens with zero attached hydrogens (tertiary/aromatic N) is 2. The fraction of sp³-hybridized carbons (Fsp3) is 0.571. The van der Waals surface area contributed by atoms with E-state index in [1.807, 2.05) is 0 Å². The van der Waals surface area contributed by atoms with E-state index in [0.29, 0.717) is 5.82 Å². The summed E-state index contributed by atoms with van der Waals surface area (Å²) in [5.41, 5.74) is 0. The van der Waals surface area contributed by atoms with E-state index in [4.69, 9.17) is 4.28 Å². The van der Waals surface area contributed by atoms with Gasteiger partial charge in [0.25, 0.3) is 0 Å². The van der Waals surface area contributed by atoms with Crippen LogP contribution < -0.4 is 4.28 Å². The molecule has 0 aliphatic rings. The summed E-state index contributed by atoms with van der Waals surface area (Å²) < 4.78 is 28.5. The first kappa shape index (κ1) is 10.0. The maximum absolute atomic E-state index is 11.3. The SMILES string of the molecule is Cc1nccn1OS(=O)(=O)C(C)C. The monoisotopic (exact) mass is 204 g/mol. The van der Waals surface area contributed by atoms with Crippen LogP contribution in [0.1, 0.15) is 19.7 Å². The minimum absolute atomic E-state index is 0.504. The van der Waals surface area contributed by atoms with Gasteiger partial charge in [-0.25, -0.2) is 4.98 Å². The highest BCUT2D eigenvalue weighted by molar-refractivity contribution is 7.87. The van der Waals surface area contributed by atoms with Gasteiger partial charge in [0, 0.05) is 6.20 Å². The van der Waals surface area contributed by atoms with Crippen molar-refractivity contribution in [2.45, 2.75) is 26.0 Å². The first-order valence-electron chi connectivity index (χ1n) is 3.87. The van der Waals surface area contributed by atoms with E-state index in [2.05, 4.69) is 4.98 Å². The Bertz CT molecular complexity index is 380. The Labute approximate surface area is 77.4 Å². The van der Waals surface area contributed by atoms with Crippen molar-refractivity contribution in [1.82, 2.24) is 9.71 Å². The minimum atomic E-state index is -3.52. The molecule has 1 aromatic heterocycles. The number of aromatic nitrogens is 2.